The maximum atomic E-state index is 13.5. The number of aromatic nitrogens is 1. The molecule has 0 N–H and O–H groups in total. The van der Waals surface area contributed by atoms with Gasteiger partial charge in [-0.15, -0.1) is 11.3 Å². The number of piperidine rings is 1. The molecule has 0 radical (unpaired) electrons. The molecule has 8 heteroatoms. The van der Waals surface area contributed by atoms with Crippen LogP contribution in [0.1, 0.15) is 35.8 Å². The third-order valence-corrected chi connectivity index (χ3v) is 7.15. The molecule has 1 aliphatic heterocycles. The highest BCUT2D eigenvalue weighted by atomic mass is 79.9. The Morgan fingerprint density at radius 3 is 2.90 bits per heavy atom. The monoisotopic (exact) mass is 508 g/mol. The Bertz CT molecular complexity index is 1090. The fourth-order valence-electron chi connectivity index (χ4n) is 3.95. The van der Waals surface area contributed by atoms with Gasteiger partial charge in [0.1, 0.15) is 5.69 Å². The summed E-state index contributed by atoms with van der Waals surface area (Å²) in [6.45, 7) is 3.75. The highest BCUT2D eigenvalue weighted by Crippen LogP contribution is 2.34. The van der Waals surface area contributed by atoms with Crippen molar-refractivity contribution in [1.82, 2.24) is 9.47 Å². The van der Waals surface area contributed by atoms with Gasteiger partial charge in [-0.3, -0.25) is 9.59 Å². The maximum absolute atomic E-state index is 13.5. The molecular weight excluding hydrogens is 488 g/mol. The largest absolute Gasteiger partial charge is 0.466 e. The SMILES string of the molecule is CCOC(=O)[C@@H]1CCCN(C(=O)c2cc3sc(Br)cc3n2Cc2cccc(Cl)c2)C1. The summed E-state index contributed by atoms with van der Waals surface area (Å²) in [5, 5.41) is 0.670. The van der Waals surface area contributed by atoms with Gasteiger partial charge in [0, 0.05) is 24.7 Å². The van der Waals surface area contributed by atoms with E-state index in [2.05, 4.69) is 15.9 Å². The highest BCUT2D eigenvalue weighted by molar-refractivity contribution is 9.11. The van der Waals surface area contributed by atoms with Gasteiger partial charge in [0.15, 0.2) is 0 Å². The second-order valence-electron chi connectivity index (χ2n) is 7.39. The molecule has 1 atom stereocenters. The first-order valence-corrected chi connectivity index (χ1v) is 11.9. The van der Waals surface area contributed by atoms with Crippen molar-refractivity contribution in [2.45, 2.75) is 26.3 Å². The van der Waals surface area contributed by atoms with Crippen LogP contribution in [0.2, 0.25) is 5.02 Å². The smallest absolute Gasteiger partial charge is 0.310 e. The number of nitrogens with zero attached hydrogens (tertiary/aromatic N) is 2. The number of amides is 1. The van der Waals surface area contributed by atoms with Crippen molar-refractivity contribution in [3.8, 4) is 0 Å². The van der Waals surface area contributed by atoms with E-state index in [1.54, 1.807) is 23.2 Å². The summed E-state index contributed by atoms with van der Waals surface area (Å²) >= 11 is 11.3. The van der Waals surface area contributed by atoms with Crippen LogP contribution < -0.4 is 0 Å². The van der Waals surface area contributed by atoms with E-state index in [0.29, 0.717) is 37.0 Å². The zero-order valence-corrected chi connectivity index (χ0v) is 19.7. The molecule has 0 saturated carbocycles. The van der Waals surface area contributed by atoms with Gasteiger partial charge in [0.05, 0.1) is 26.5 Å². The first-order chi connectivity index (χ1) is 14.5. The Kier molecular flexibility index (Phi) is 6.51. The van der Waals surface area contributed by atoms with Crippen molar-refractivity contribution in [2.24, 2.45) is 5.92 Å². The molecule has 2 aromatic heterocycles. The maximum Gasteiger partial charge on any atom is 0.310 e. The minimum Gasteiger partial charge on any atom is -0.466 e. The van der Waals surface area contributed by atoms with Crippen molar-refractivity contribution >= 4 is 61.0 Å². The second-order valence-corrected chi connectivity index (χ2v) is 10.3. The summed E-state index contributed by atoms with van der Waals surface area (Å²) in [4.78, 5) is 27.5. The van der Waals surface area contributed by atoms with Gasteiger partial charge >= 0.3 is 5.97 Å². The summed E-state index contributed by atoms with van der Waals surface area (Å²) in [6, 6.07) is 11.7. The number of ether oxygens (including phenoxy) is 1. The minimum absolute atomic E-state index is 0.0504. The molecule has 1 saturated heterocycles. The normalized spacial score (nSPS) is 16.8. The van der Waals surface area contributed by atoms with Gasteiger partial charge in [-0.1, -0.05) is 23.7 Å². The van der Waals surface area contributed by atoms with E-state index < -0.39 is 0 Å². The van der Waals surface area contributed by atoms with Gasteiger partial charge < -0.3 is 14.2 Å². The van der Waals surface area contributed by atoms with Crippen molar-refractivity contribution in [1.29, 1.82) is 0 Å². The van der Waals surface area contributed by atoms with Crippen molar-refractivity contribution < 1.29 is 14.3 Å². The number of esters is 1. The topological polar surface area (TPSA) is 51.5 Å². The molecule has 0 bridgehead atoms. The number of likely N-dealkylation sites (tertiary alicyclic amines) is 1. The Labute approximate surface area is 192 Å². The average Bonchev–Trinajstić information content (AvgIpc) is 3.25. The van der Waals surface area contributed by atoms with Crippen LogP contribution in [0.5, 0.6) is 0 Å². The van der Waals surface area contributed by atoms with Crippen LogP contribution in [0.25, 0.3) is 10.2 Å². The predicted octanol–water partition coefficient (Wildman–Crippen LogP) is 5.58. The third-order valence-electron chi connectivity index (χ3n) is 5.34. The molecule has 30 heavy (non-hydrogen) atoms. The lowest BCUT2D eigenvalue weighted by Crippen LogP contribution is -2.43. The second kappa shape index (κ2) is 9.12. The molecule has 4 rings (SSSR count). The van der Waals surface area contributed by atoms with E-state index in [4.69, 9.17) is 16.3 Å². The van der Waals surface area contributed by atoms with E-state index in [1.807, 2.05) is 41.0 Å². The molecule has 1 fully saturated rings. The molecule has 1 amide bonds. The lowest BCUT2D eigenvalue weighted by atomic mass is 9.98. The zero-order chi connectivity index (χ0) is 21.3. The zero-order valence-electron chi connectivity index (χ0n) is 16.6. The lowest BCUT2D eigenvalue weighted by Gasteiger charge is -2.31. The Morgan fingerprint density at radius 1 is 1.30 bits per heavy atom. The minimum atomic E-state index is -0.255. The van der Waals surface area contributed by atoms with E-state index in [9.17, 15) is 9.59 Å². The van der Waals surface area contributed by atoms with Gasteiger partial charge in [0.2, 0.25) is 0 Å². The van der Waals surface area contributed by atoms with E-state index >= 15 is 0 Å². The fourth-order valence-corrected chi connectivity index (χ4v) is 5.73. The van der Waals surface area contributed by atoms with Crippen molar-refractivity contribution in [2.75, 3.05) is 19.7 Å². The summed E-state index contributed by atoms with van der Waals surface area (Å²) in [6.07, 6.45) is 1.55. The predicted molar refractivity (Wildman–Crippen MR) is 123 cm³/mol. The molecule has 3 heterocycles. The standard InChI is InChI=1S/C22H22BrClN2O3S/c1-2-29-22(28)15-6-4-8-25(13-15)21(27)18-10-19-17(11-20(23)30-19)26(18)12-14-5-3-7-16(24)9-14/h3,5,7,9-11,15H,2,4,6,8,12-13H2,1H3/t15-/m1/s1. The molecule has 0 unspecified atom stereocenters. The molecule has 1 aromatic carbocycles. The fraction of sp³-hybridized carbons (Fsp3) is 0.364. The highest BCUT2D eigenvalue weighted by Gasteiger charge is 2.31. The number of benzene rings is 1. The number of halogens is 2. The summed E-state index contributed by atoms with van der Waals surface area (Å²) in [5.74, 6) is -0.519. The van der Waals surface area contributed by atoms with Crippen LogP contribution in [0.4, 0.5) is 0 Å². The Balaban J connectivity index is 1.65. The van der Waals surface area contributed by atoms with Crippen LogP contribution in [0.3, 0.4) is 0 Å². The Hall–Kier alpha value is -1.83. The van der Waals surface area contributed by atoms with Crippen LogP contribution in [-0.4, -0.2) is 41.0 Å². The third kappa shape index (κ3) is 4.43. The molecule has 5 nitrogen and oxygen atoms in total. The number of rotatable bonds is 5. The quantitative estimate of drug-likeness (QED) is 0.422. The van der Waals surface area contributed by atoms with Crippen LogP contribution in [0.15, 0.2) is 40.2 Å². The van der Waals surface area contributed by atoms with Crippen LogP contribution in [-0.2, 0) is 16.1 Å². The first kappa shape index (κ1) is 21.4. The van der Waals surface area contributed by atoms with Gasteiger partial charge in [0.25, 0.3) is 5.91 Å². The molecule has 3 aromatic rings. The molecule has 1 aliphatic rings. The van der Waals surface area contributed by atoms with Crippen LogP contribution >= 0.6 is 38.9 Å². The number of hydrogen-bond donors (Lipinski definition) is 0. The van der Waals surface area contributed by atoms with Gasteiger partial charge in [-0.05, 0) is 65.5 Å². The lowest BCUT2D eigenvalue weighted by molar-refractivity contribution is -0.149. The summed E-state index contributed by atoms with van der Waals surface area (Å²) < 4.78 is 9.29. The molecule has 158 valence electrons. The first-order valence-electron chi connectivity index (χ1n) is 9.95. The van der Waals surface area contributed by atoms with Crippen LogP contribution in [0, 0.1) is 5.92 Å². The Morgan fingerprint density at radius 2 is 2.13 bits per heavy atom. The number of fused-ring (bicyclic) bond motifs is 1. The molecule has 0 spiro atoms. The number of hydrogen-bond acceptors (Lipinski definition) is 4. The molecule has 0 aliphatic carbocycles. The number of thiophene rings is 1. The molecular formula is C22H22BrClN2O3S. The average molecular weight is 510 g/mol. The van der Waals surface area contributed by atoms with Gasteiger partial charge in [-0.2, -0.15) is 0 Å². The van der Waals surface area contributed by atoms with Crippen molar-refractivity contribution in [3.63, 3.8) is 0 Å². The number of carbonyl (C=O) groups is 2. The van der Waals surface area contributed by atoms with E-state index in [-0.39, 0.29) is 17.8 Å². The van der Waals surface area contributed by atoms with Crippen molar-refractivity contribution in [3.05, 3.63) is 56.5 Å². The van der Waals surface area contributed by atoms with E-state index in [0.717, 1.165) is 32.4 Å². The van der Waals surface area contributed by atoms with E-state index in [1.165, 1.54) is 0 Å². The number of carbonyl (C=O) groups excluding carboxylic acids is 2. The summed E-state index contributed by atoms with van der Waals surface area (Å²) in [5.41, 5.74) is 2.67. The summed E-state index contributed by atoms with van der Waals surface area (Å²) in [7, 11) is 0. The van der Waals surface area contributed by atoms with Gasteiger partial charge in [-0.25, -0.2) is 0 Å².